The predicted octanol–water partition coefficient (Wildman–Crippen LogP) is 5.20. The fraction of sp³-hybridized carbons (Fsp3) is 0.350. The third-order valence-electron chi connectivity index (χ3n) is 4.18. The van der Waals surface area contributed by atoms with E-state index in [0.29, 0.717) is 13.2 Å². The highest BCUT2D eigenvalue weighted by Gasteiger charge is 2.20. The van der Waals surface area contributed by atoms with Gasteiger partial charge in [0.25, 0.3) is 0 Å². The van der Waals surface area contributed by atoms with Gasteiger partial charge in [-0.1, -0.05) is 42.5 Å². The van der Waals surface area contributed by atoms with Crippen molar-refractivity contribution in [3.8, 4) is 11.5 Å². The van der Waals surface area contributed by atoms with Crippen molar-refractivity contribution in [2.24, 2.45) is 0 Å². The van der Waals surface area contributed by atoms with Crippen molar-refractivity contribution in [3.05, 3.63) is 58.1 Å². The smallest absolute Gasteiger partial charge is 0.175 e. The van der Waals surface area contributed by atoms with Crippen LogP contribution in [0.25, 0.3) is 0 Å². The van der Waals surface area contributed by atoms with Gasteiger partial charge >= 0.3 is 0 Å². The van der Waals surface area contributed by atoms with E-state index >= 15 is 0 Å². The van der Waals surface area contributed by atoms with Gasteiger partial charge in [-0.05, 0) is 53.4 Å². The summed E-state index contributed by atoms with van der Waals surface area (Å²) in [7, 11) is 0. The van der Waals surface area contributed by atoms with Crippen molar-refractivity contribution < 1.29 is 9.47 Å². The minimum atomic E-state index is 0.495. The molecule has 0 atom stereocenters. The first-order chi connectivity index (χ1) is 12.2. The maximum Gasteiger partial charge on any atom is 0.175 e. The molecule has 0 unspecified atom stereocenters. The molecule has 0 N–H and O–H groups in total. The van der Waals surface area contributed by atoms with Crippen LogP contribution in [0, 0.1) is 0 Å². The summed E-state index contributed by atoms with van der Waals surface area (Å²) in [6.45, 7) is 5.11. The van der Waals surface area contributed by atoms with Gasteiger partial charge in [0, 0.05) is 18.7 Å². The van der Waals surface area contributed by atoms with Crippen LogP contribution < -0.4 is 9.47 Å². The third kappa shape index (κ3) is 4.53. The van der Waals surface area contributed by atoms with Gasteiger partial charge in [0.05, 0.1) is 11.1 Å². The standard InChI is InChI=1S/C20H22BrNO2S/c1-2-23-18-13-16(20(25)22-10-6-7-11-22)12-17(21)19(18)24-14-15-8-4-3-5-9-15/h3-5,8-9,12-13H,2,6-7,10-11,14H2,1H3. The molecular weight excluding hydrogens is 398 g/mol. The molecule has 2 aromatic carbocycles. The number of rotatable bonds is 6. The van der Waals surface area contributed by atoms with E-state index in [4.69, 9.17) is 21.7 Å². The lowest BCUT2D eigenvalue weighted by Gasteiger charge is -2.21. The van der Waals surface area contributed by atoms with Crippen molar-refractivity contribution in [1.29, 1.82) is 0 Å². The van der Waals surface area contributed by atoms with Gasteiger partial charge in [0.2, 0.25) is 0 Å². The zero-order valence-corrected chi connectivity index (χ0v) is 16.7. The molecule has 1 fully saturated rings. The summed E-state index contributed by atoms with van der Waals surface area (Å²) < 4.78 is 12.7. The molecule has 1 heterocycles. The Balaban J connectivity index is 1.83. The highest BCUT2D eigenvalue weighted by molar-refractivity contribution is 9.10. The third-order valence-corrected chi connectivity index (χ3v) is 5.26. The van der Waals surface area contributed by atoms with E-state index in [-0.39, 0.29) is 0 Å². The Morgan fingerprint density at radius 3 is 2.52 bits per heavy atom. The van der Waals surface area contributed by atoms with Gasteiger partial charge in [-0.15, -0.1) is 0 Å². The fourth-order valence-electron chi connectivity index (χ4n) is 2.93. The molecule has 0 bridgehead atoms. The topological polar surface area (TPSA) is 21.7 Å². The normalized spacial score (nSPS) is 13.8. The summed E-state index contributed by atoms with van der Waals surface area (Å²) in [5.74, 6) is 1.45. The van der Waals surface area contributed by atoms with Crippen LogP contribution in [0.15, 0.2) is 46.9 Å². The van der Waals surface area contributed by atoms with E-state index in [9.17, 15) is 0 Å². The van der Waals surface area contributed by atoms with Gasteiger partial charge in [-0.3, -0.25) is 0 Å². The highest BCUT2D eigenvalue weighted by atomic mass is 79.9. The molecule has 2 aromatic rings. The Kier molecular flexibility index (Phi) is 6.32. The molecule has 132 valence electrons. The minimum Gasteiger partial charge on any atom is -0.490 e. The molecule has 5 heteroatoms. The van der Waals surface area contributed by atoms with Crippen LogP contribution in [-0.2, 0) is 6.61 Å². The first-order valence-electron chi connectivity index (χ1n) is 8.61. The average Bonchev–Trinajstić information content (AvgIpc) is 3.16. The quantitative estimate of drug-likeness (QED) is 0.599. The minimum absolute atomic E-state index is 0.495. The molecule has 3 nitrogen and oxygen atoms in total. The van der Waals surface area contributed by atoms with Gasteiger partial charge in [-0.2, -0.15) is 0 Å². The van der Waals surface area contributed by atoms with Crippen LogP contribution in [0.4, 0.5) is 0 Å². The molecule has 0 spiro atoms. The Bertz CT molecular complexity index is 730. The van der Waals surface area contributed by atoms with E-state index in [2.05, 4.69) is 20.8 Å². The second-order valence-corrected chi connectivity index (χ2v) is 7.23. The molecule has 0 amide bonds. The van der Waals surface area contributed by atoms with Crippen LogP contribution in [-0.4, -0.2) is 29.6 Å². The Hall–Kier alpha value is -1.59. The number of ether oxygens (including phenoxy) is 2. The van der Waals surface area contributed by atoms with Crippen molar-refractivity contribution in [2.45, 2.75) is 26.4 Å². The number of thiocarbonyl (C=S) groups is 1. The van der Waals surface area contributed by atoms with Crippen LogP contribution >= 0.6 is 28.1 Å². The van der Waals surface area contributed by atoms with Crippen LogP contribution in [0.2, 0.25) is 0 Å². The molecular formula is C20H22BrNO2S. The summed E-state index contributed by atoms with van der Waals surface area (Å²) in [5, 5.41) is 0. The van der Waals surface area contributed by atoms with Crippen LogP contribution in [0.5, 0.6) is 11.5 Å². The Labute approximate surface area is 163 Å². The summed E-state index contributed by atoms with van der Waals surface area (Å²) in [6.07, 6.45) is 2.41. The first-order valence-corrected chi connectivity index (χ1v) is 9.81. The lowest BCUT2D eigenvalue weighted by Crippen LogP contribution is -2.26. The number of likely N-dealkylation sites (tertiary alicyclic amines) is 1. The molecule has 1 aliphatic heterocycles. The summed E-state index contributed by atoms with van der Waals surface area (Å²) in [4.78, 5) is 3.14. The van der Waals surface area contributed by atoms with Crippen LogP contribution in [0.1, 0.15) is 30.9 Å². The van der Waals surface area contributed by atoms with Crippen LogP contribution in [0.3, 0.4) is 0 Å². The number of nitrogens with zero attached hydrogens (tertiary/aromatic N) is 1. The zero-order chi connectivity index (χ0) is 17.6. The second kappa shape index (κ2) is 8.68. The number of hydrogen-bond donors (Lipinski definition) is 0. The molecule has 1 saturated heterocycles. The van der Waals surface area contributed by atoms with E-state index < -0.39 is 0 Å². The Morgan fingerprint density at radius 2 is 1.84 bits per heavy atom. The molecule has 0 aliphatic carbocycles. The number of benzene rings is 2. The largest absolute Gasteiger partial charge is 0.490 e. The SMILES string of the molecule is CCOc1cc(C(=S)N2CCCC2)cc(Br)c1OCc1ccccc1. The molecule has 0 radical (unpaired) electrons. The predicted molar refractivity (Wildman–Crippen MR) is 109 cm³/mol. The highest BCUT2D eigenvalue weighted by Crippen LogP contribution is 2.38. The molecule has 0 saturated carbocycles. The molecule has 1 aliphatic rings. The lowest BCUT2D eigenvalue weighted by atomic mass is 10.2. The van der Waals surface area contributed by atoms with E-state index in [1.54, 1.807) is 0 Å². The van der Waals surface area contributed by atoms with Gasteiger partial charge < -0.3 is 14.4 Å². The van der Waals surface area contributed by atoms with Crippen molar-refractivity contribution in [1.82, 2.24) is 4.90 Å². The molecule has 3 rings (SSSR count). The summed E-state index contributed by atoms with van der Waals surface area (Å²) in [6, 6.07) is 14.1. The van der Waals surface area contributed by atoms with E-state index in [1.165, 1.54) is 12.8 Å². The second-order valence-electron chi connectivity index (χ2n) is 5.99. The Morgan fingerprint density at radius 1 is 1.12 bits per heavy atom. The van der Waals surface area contributed by atoms with E-state index in [1.807, 2.05) is 49.4 Å². The van der Waals surface area contributed by atoms with E-state index in [0.717, 1.165) is 45.2 Å². The maximum absolute atomic E-state index is 6.04. The number of halogens is 1. The first kappa shape index (κ1) is 18.2. The maximum atomic E-state index is 6.04. The van der Waals surface area contributed by atoms with Gasteiger partial charge in [-0.25, -0.2) is 0 Å². The molecule has 25 heavy (non-hydrogen) atoms. The fourth-order valence-corrected chi connectivity index (χ4v) is 3.78. The monoisotopic (exact) mass is 419 g/mol. The average molecular weight is 420 g/mol. The summed E-state index contributed by atoms with van der Waals surface area (Å²) in [5.41, 5.74) is 2.12. The number of hydrogen-bond acceptors (Lipinski definition) is 3. The lowest BCUT2D eigenvalue weighted by molar-refractivity contribution is 0.267. The van der Waals surface area contributed by atoms with Gasteiger partial charge in [0.15, 0.2) is 11.5 Å². The van der Waals surface area contributed by atoms with Gasteiger partial charge in [0.1, 0.15) is 11.6 Å². The van der Waals surface area contributed by atoms with Crippen molar-refractivity contribution >= 4 is 33.1 Å². The summed E-state index contributed by atoms with van der Waals surface area (Å²) >= 11 is 9.31. The zero-order valence-electron chi connectivity index (χ0n) is 14.3. The van der Waals surface area contributed by atoms with Crippen molar-refractivity contribution in [3.63, 3.8) is 0 Å². The molecule has 0 aromatic heterocycles. The van der Waals surface area contributed by atoms with Crippen molar-refractivity contribution in [2.75, 3.05) is 19.7 Å².